The molecule has 0 spiro atoms. The Morgan fingerprint density at radius 2 is 2.08 bits per heavy atom. The van der Waals surface area contributed by atoms with Gasteiger partial charge < -0.3 is 15.5 Å². The molecule has 1 aromatic carbocycles. The van der Waals surface area contributed by atoms with Crippen LogP contribution < -0.4 is 15.5 Å². The first kappa shape index (κ1) is 24.0. The maximum absolute atomic E-state index is 13.4. The van der Waals surface area contributed by atoms with E-state index in [1.807, 2.05) is 24.3 Å². The van der Waals surface area contributed by atoms with Gasteiger partial charge in [0.1, 0.15) is 9.71 Å². The lowest BCUT2D eigenvalue weighted by atomic mass is 9.87. The minimum Gasteiger partial charge on any atom is -0.347 e. The third kappa shape index (κ3) is 4.24. The lowest BCUT2D eigenvalue weighted by molar-refractivity contribution is -0.127. The summed E-state index contributed by atoms with van der Waals surface area (Å²) in [6.45, 7) is 11.0. The molecule has 4 amide bonds. The molecule has 1 saturated heterocycles. The van der Waals surface area contributed by atoms with E-state index in [9.17, 15) is 14.4 Å². The summed E-state index contributed by atoms with van der Waals surface area (Å²) in [5.41, 5.74) is 2.98. The number of rotatable bonds is 4. The maximum atomic E-state index is 13.4. The molecule has 0 saturated carbocycles. The first-order valence-corrected chi connectivity index (χ1v) is 12.8. The zero-order valence-electron chi connectivity index (χ0n) is 20.6. The van der Waals surface area contributed by atoms with Crippen LogP contribution in [0, 0.1) is 0 Å². The van der Waals surface area contributed by atoms with Crippen molar-refractivity contribution in [3.63, 3.8) is 0 Å². The van der Waals surface area contributed by atoms with Crippen LogP contribution in [0.1, 0.15) is 48.8 Å². The molecular weight excluding hydrogens is 474 g/mol. The van der Waals surface area contributed by atoms with E-state index in [0.717, 1.165) is 29.5 Å². The van der Waals surface area contributed by atoms with Gasteiger partial charge in [0.2, 0.25) is 5.91 Å². The summed E-state index contributed by atoms with van der Waals surface area (Å²) in [6, 6.07) is 9.25. The molecule has 1 atom stereocenters. The van der Waals surface area contributed by atoms with Crippen LogP contribution in [0.25, 0.3) is 10.2 Å². The molecule has 2 aliphatic heterocycles. The summed E-state index contributed by atoms with van der Waals surface area (Å²) in [6.07, 6.45) is 4.54. The fraction of sp³-hybridized carbons (Fsp3) is 0.333. The molecule has 1 fully saturated rings. The van der Waals surface area contributed by atoms with Crippen LogP contribution in [-0.2, 0) is 10.2 Å². The van der Waals surface area contributed by atoms with Crippen LogP contribution in [0.3, 0.4) is 0 Å². The fourth-order valence-corrected chi connectivity index (χ4v) is 5.81. The maximum Gasteiger partial charge on any atom is 0.331 e. The molecule has 3 aromatic rings. The van der Waals surface area contributed by atoms with Crippen molar-refractivity contribution in [1.29, 1.82) is 0 Å². The van der Waals surface area contributed by atoms with Crippen molar-refractivity contribution in [3.8, 4) is 0 Å². The SMILES string of the molecule is C=CC(=O)N1CCCC(NC(=O)c2sc3nccc4c3c2NC(=O)N4c2cccc(C(C)(C)C)c2)C1. The third-order valence-electron chi connectivity index (χ3n) is 6.67. The van der Waals surface area contributed by atoms with E-state index in [1.54, 1.807) is 16.0 Å². The number of carbonyl (C=O) groups is 3. The van der Waals surface area contributed by atoms with Crippen molar-refractivity contribution in [2.75, 3.05) is 23.3 Å². The van der Waals surface area contributed by atoms with Gasteiger partial charge in [-0.3, -0.25) is 14.5 Å². The summed E-state index contributed by atoms with van der Waals surface area (Å²) in [4.78, 5) is 47.7. The van der Waals surface area contributed by atoms with E-state index in [2.05, 4.69) is 49.0 Å². The van der Waals surface area contributed by atoms with Gasteiger partial charge in [0, 0.05) is 25.3 Å². The Labute approximate surface area is 214 Å². The van der Waals surface area contributed by atoms with Crippen molar-refractivity contribution in [2.24, 2.45) is 0 Å². The Bertz CT molecular complexity index is 1390. The van der Waals surface area contributed by atoms with Crippen molar-refractivity contribution < 1.29 is 14.4 Å². The molecule has 4 heterocycles. The Hall–Kier alpha value is -3.72. The van der Waals surface area contributed by atoms with E-state index >= 15 is 0 Å². The number of benzene rings is 1. The number of urea groups is 1. The highest BCUT2D eigenvalue weighted by atomic mass is 32.1. The van der Waals surface area contributed by atoms with E-state index in [-0.39, 0.29) is 29.3 Å². The Morgan fingerprint density at radius 1 is 1.28 bits per heavy atom. The monoisotopic (exact) mass is 503 g/mol. The van der Waals surface area contributed by atoms with Crippen LogP contribution in [0.2, 0.25) is 0 Å². The molecule has 0 radical (unpaired) electrons. The number of hydrogen-bond acceptors (Lipinski definition) is 5. The summed E-state index contributed by atoms with van der Waals surface area (Å²) in [5, 5.41) is 6.76. The van der Waals surface area contributed by atoms with Crippen LogP contribution >= 0.6 is 11.3 Å². The quantitative estimate of drug-likeness (QED) is 0.480. The van der Waals surface area contributed by atoms with Crippen molar-refractivity contribution in [3.05, 3.63) is 59.6 Å². The molecule has 2 N–H and O–H groups in total. The van der Waals surface area contributed by atoms with Crippen LogP contribution in [0.15, 0.2) is 49.2 Å². The second-order valence-corrected chi connectivity index (χ2v) is 11.2. The Kier molecular flexibility index (Phi) is 6.04. The molecule has 1 unspecified atom stereocenters. The van der Waals surface area contributed by atoms with Crippen molar-refractivity contribution >= 4 is 56.5 Å². The topological polar surface area (TPSA) is 94.6 Å². The normalized spacial score (nSPS) is 17.6. The van der Waals surface area contributed by atoms with Gasteiger partial charge in [-0.1, -0.05) is 39.5 Å². The predicted octanol–water partition coefficient (Wildman–Crippen LogP) is 5.18. The van der Waals surface area contributed by atoms with Crippen LogP contribution in [-0.4, -0.2) is 46.9 Å². The number of pyridine rings is 1. The molecule has 2 aromatic heterocycles. The number of amides is 4. The molecule has 36 heavy (non-hydrogen) atoms. The van der Waals surface area contributed by atoms with Gasteiger partial charge in [-0.15, -0.1) is 11.3 Å². The number of likely N-dealkylation sites (tertiary alicyclic amines) is 1. The van der Waals surface area contributed by atoms with Crippen LogP contribution in [0.4, 0.5) is 21.9 Å². The van der Waals surface area contributed by atoms with Gasteiger partial charge >= 0.3 is 6.03 Å². The number of hydrogen-bond donors (Lipinski definition) is 2. The highest BCUT2D eigenvalue weighted by Crippen LogP contribution is 2.46. The molecule has 186 valence electrons. The standard InChI is InChI=1S/C27H29N5O3S/c1-5-20(33)31-13-7-9-17(15-31)29-24(34)23-22-21-19(11-12-28-25(21)36-23)32(26(35)30-22)18-10-6-8-16(14-18)27(2,3)4/h5-6,8,10-12,14,17H,1,7,9,13,15H2,2-4H3,(H,29,34)(H,30,35). The first-order valence-electron chi connectivity index (χ1n) is 12.0. The van der Waals surface area contributed by atoms with E-state index in [4.69, 9.17) is 0 Å². The second-order valence-electron chi connectivity index (χ2n) is 10.2. The Morgan fingerprint density at radius 3 is 2.83 bits per heavy atom. The molecule has 5 rings (SSSR count). The minimum absolute atomic E-state index is 0.0698. The van der Waals surface area contributed by atoms with E-state index in [0.29, 0.717) is 34.2 Å². The lowest BCUT2D eigenvalue weighted by Crippen LogP contribution is -2.49. The highest BCUT2D eigenvalue weighted by molar-refractivity contribution is 7.21. The average molecular weight is 504 g/mol. The number of piperidine rings is 1. The fourth-order valence-electron chi connectivity index (χ4n) is 4.79. The van der Waals surface area contributed by atoms with Crippen molar-refractivity contribution in [1.82, 2.24) is 15.2 Å². The smallest absolute Gasteiger partial charge is 0.331 e. The van der Waals surface area contributed by atoms with E-state index in [1.165, 1.54) is 17.4 Å². The number of aromatic nitrogens is 1. The molecule has 8 nitrogen and oxygen atoms in total. The number of anilines is 3. The average Bonchev–Trinajstić information content (AvgIpc) is 3.23. The minimum atomic E-state index is -0.325. The third-order valence-corrected chi connectivity index (χ3v) is 7.76. The molecular formula is C27H29N5O3S. The lowest BCUT2D eigenvalue weighted by Gasteiger charge is -2.32. The van der Waals surface area contributed by atoms with Gasteiger partial charge in [0.25, 0.3) is 5.91 Å². The molecule has 0 aliphatic carbocycles. The predicted molar refractivity (Wildman–Crippen MR) is 143 cm³/mol. The number of thiophene rings is 1. The number of carbonyl (C=O) groups excluding carboxylic acids is 3. The van der Waals surface area contributed by atoms with Crippen LogP contribution in [0.5, 0.6) is 0 Å². The molecule has 0 bridgehead atoms. The number of nitrogens with one attached hydrogen (secondary N) is 2. The summed E-state index contributed by atoms with van der Waals surface area (Å²) in [7, 11) is 0. The van der Waals surface area contributed by atoms with Gasteiger partial charge in [-0.05, 0) is 48.1 Å². The van der Waals surface area contributed by atoms with Gasteiger partial charge in [-0.2, -0.15) is 0 Å². The second kappa shape index (κ2) is 9.05. The van der Waals surface area contributed by atoms with E-state index < -0.39 is 0 Å². The largest absolute Gasteiger partial charge is 0.347 e. The number of nitrogens with zero attached hydrogens (tertiary/aromatic N) is 3. The summed E-state index contributed by atoms with van der Waals surface area (Å²) >= 11 is 1.26. The molecule has 9 heteroatoms. The summed E-state index contributed by atoms with van der Waals surface area (Å²) < 4.78 is 0. The zero-order valence-corrected chi connectivity index (χ0v) is 21.4. The van der Waals surface area contributed by atoms with Crippen molar-refractivity contribution in [2.45, 2.75) is 45.1 Å². The highest BCUT2D eigenvalue weighted by Gasteiger charge is 2.34. The summed E-state index contributed by atoms with van der Waals surface area (Å²) in [5.74, 6) is -0.414. The van der Waals surface area contributed by atoms with Gasteiger partial charge in [0.15, 0.2) is 0 Å². The first-order chi connectivity index (χ1) is 17.2. The zero-order chi connectivity index (χ0) is 25.6. The Balaban J connectivity index is 1.48. The van der Waals surface area contributed by atoms with Gasteiger partial charge in [0.05, 0.1) is 22.4 Å². The van der Waals surface area contributed by atoms with Gasteiger partial charge in [-0.25, -0.2) is 9.78 Å². The molecule has 2 aliphatic rings.